The van der Waals surface area contributed by atoms with E-state index in [2.05, 4.69) is 31.4 Å². The van der Waals surface area contributed by atoms with Gasteiger partial charge in [0.15, 0.2) is 0 Å². The first-order chi connectivity index (χ1) is 7.63. The Kier molecular flexibility index (Phi) is 5.81. The molecule has 1 saturated heterocycles. The van der Waals surface area contributed by atoms with Crippen molar-refractivity contribution in [2.75, 3.05) is 13.1 Å². The minimum atomic E-state index is 0.192. The van der Waals surface area contributed by atoms with Gasteiger partial charge in [-0.2, -0.15) is 0 Å². The number of nitrogens with one attached hydrogen (secondary N) is 2. The molecule has 1 rings (SSSR count). The van der Waals surface area contributed by atoms with Gasteiger partial charge in [0.2, 0.25) is 5.91 Å². The zero-order valence-corrected chi connectivity index (χ0v) is 10.9. The third-order valence-electron chi connectivity index (χ3n) is 3.36. The molecule has 0 aromatic rings. The molecule has 0 bridgehead atoms. The zero-order chi connectivity index (χ0) is 12.0. The van der Waals surface area contributed by atoms with Crippen LogP contribution in [0.1, 0.15) is 46.5 Å². The van der Waals surface area contributed by atoms with Gasteiger partial charge in [0.1, 0.15) is 0 Å². The molecule has 2 atom stereocenters. The number of hydrogen-bond donors (Lipinski definition) is 2. The van der Waals surface area contributed by atoms with Gasteiger partial charge in [-0.15, -0.1) is 0 Å². The Morgan fingerprint density at radius 1 is 1.50 bits per heavy atom. The van der Waals surface area contributed by atoms with E-state index in [0.717, 1.165) is 19.0 Å². The van der Waals surface area contributed by atoms with Crippen LogP contribution in [0.4, 0.5) is 0 Å². The molecule has 1 fully saturated rings. The molecule has 3 nitrogen and oxygen atoms in total. The van der Waals surface area contributed by atoms with Crippen molar-refractivity contribution in [2.45, 2.75) is 52.5 Å². The van der Waals surface area contributed by atoms with Crippen molar-refractivity contribution in [2.24, 2.45) is 11.8 Å². The molecule has 0 saturated carbocycles. The van der Waals surface area contributed by atoms with Crippen molar-refractivity contribution in [3.63, 3.8) is 0 Å². The number of amides is 1. The van der Waals surface area contributed by atoms with E-state index >= 15 is 0 Å². The minimum absolute atomic E-state index is 0.192. The lowest BCUT2D eigenvalue weighted by Gasteiger charge is -2.32. The fourth-order valence-corrected chi connectivity index (χ4v) is 2.41. The fourth-order valence-electron chi connectivity index (χ4n) is 2.41. The molecule has 1 amide bonds. The summed E-state index contributed by atoms with van der Waals surface area (Å²) in [5, 5.41) is 6.56. The molecule has 16 heavy (non-hydrogen) atoms. The van der Waals surface area contributed by atoms with Crippen molar-refractivity contribution in [3.8, 4) is 0 Å². The summed E-state index contributed by atoms with van der Waals surface area (Å²) in [4.78, 5) is 11.6. The first-order valence-electron chi connectivity index (χ1n) is 6.63. The van der Waals surface area contributed by atoms with Gasteiger partial charge in [0.25, 0.3) is 0 Å². The van der Waals surface area contributed by atoms with Crippen LogP contribution in [0, 0.1) is 11.8 Å². The van der Waals surface area contributed by atoms with Crippen LogP contribution in [0.25, 0.3) is 0 Å². The second kappa shape index (κ2) is 6.89. The minimum Gasteiger partial charge on any atom is -0.355 e. The van der Waals surface area contributed by atoms with Gasteiger partial charge in [-0.3, -0.25) is 4.79 Å². The average molecular weight is 226 g/mol. The second-order valence-corrected chi connectivity index (χ2v) is 5.27. The highest BCUT2D eigenvalue weighted by Crippen LogP contribution is 2.19. The summed E-state index contributed by atoms with van der Waals surface area (Å²) in [6, 6.07) is 0.481. The first-order valence-corrected chi connectivity index (χ1v) is 6.63. The van der Waals surface area contributed by atoms with Gasteiger partial charge < -0.3 is 10.6 Å². The molecule has 1 aliphatic rings. The predicted octanol–water partition coefficient (Wildman–Crippen LogP) is 1.93. The summed E-state index contributed by atoms with van der Waals surface area (Å²) in [6.45, 7) is 8.28. The van der Waals surface area contributed by atoms with E-state index in [1.807, 2.05) is 0 Å². The number of rotatable bonds is 5. The molecular formula is C13H26N2O. The molecule has 1 aliphatic heterocycles. The van der Waals surface area contributed by atoms with Crippen molar-refractivity contribution in [1.82, 2.24) is 10.6 Å². The maximum Gasteiger partial charge on any atom is 0.220 e. The highest BCUT2D eigenvalue weighted by molar-refractivity contribution is 5.76. The van der Waals surface area contributed by atoms with E-state index in [9.17, 15) is 4.79 Å². The Hall–Kier alpha value is -0.570. The fraction of sp³-hybridized carbons (Fsp3) is 0.923. The molecule has 2 N–H and O–H groups in total. The smallest absolute Gasteiger partial charge is 0.220 e. The number of carbonyl (C=O) groups excluding carboxylic acids is 1. The Bertz CT molecular complexity index is 216. The lowest BCUT2D eigenvalue weighted by Crippen LogP contribution is -2.48. The summed E-state index contributed by atoms with van der Waals surface area (Å²) < 4.78 is 0. The molecule has 0 aromatic heterocycles. The maximum absolute atomic E-state index is 11.6. The molecule has 1 heterocycles. The summed E-state index contributed by atoms with van der Waals surface area (Å²) in [5.41, 5.74) is 0. The quantitative estimate of drug-likeness (QED) is 0.752. The van der Waals surface area contributed by atoms with Crippen LogP contribution >= 0.6 is 0 Å². The monoisotopic (exact) mass is 226 g/mol. The normalized spacial score (nSPS) is 25.8. The van der Waals surface area contributed by atoms with Crippen LogP contribution in [0.15, 0.2) is 0 Å². The zero-order valence-electron chi connectivity index (χ0n) is 10.9. The Morgan fingerprint density at radius 3 is 2.88 bits per heavy atom. The van der Waals surface area contributed by atoms with Crippen LogP contribution in [0.3, 0.4) is 0 Å². The molecule has 0 aromatic carbocycles. The van der Waals surface area contributed by atoms with Gasteiger partial charge >= 0.3 is 0 Å². The second-order valence-electron chi connectivity index (χ2n) is 5.27. The summed E-state index contributed by atoms with van der Waals surface area (Å²) in [5.74, 6) is 1.37. The number of carbonyl (C=O) groups is 1. The van der Waals surface area contributed by atoms with E-state index in [-0.39, 0.29) is 5.91 Å². The molecule has 3 heteroatoms. The Balaban J connectivity index is 2.27. The molecule has 2 unspecified atom stereocenters. The topological polar surface area (TPSA) is 41.1 Å². The van der Waals surface area contributed by atoms with E-state index in [4.69, 9.17) is 0 Å². The predicted molar refractivity (Wildman–Crippen MR) is 67.3 cm³/mol. The van der Waals surface area contributed by atoms with Crippen molar-refractivity contribution >= 4 is 5.91 Å². The SMILES string of the molecule is CCC1CCCNC1CNC(=O)CC(C)C. The summed E-state index contributed by atoms with van der Waals surface area (Å²) in [6.07, 6.45) is 4.42. The summed E-state index contributed by atoms with van der Waals surface area (Å²) >= 11 is 0. The van der Waals surface area contributed by atoms with Crippen LogP contribution in [-0.2, 0) is 4.79 Å². The average Bonchev–Trinajstić information content (AvgIpc) is 2.26. The van der Waals surface area contributed by atoms with Crippen LogP contribution < -0.4 is 10.6 Å². The number of piperidine rings is 1. The molecule has 0 aliphatic carbocycles. The van der Waals surface area contributed by atoms with Crippen molar-refractivity contribution < 1.29 is 4.79 Å². The third kappa shape index (κ3) is 4.52. The highest BCUT2D eigenvalue weighted by Gasteiger charge is 2.23. The van der Waals surface area contributed by atoms with Crippen LogP contribution in [-0.4, -0.2) is 25.0 Å². The van der Waals surface area contributed by atoms with Gasteiger partial charge in [-0.25, -0.2) is 0 Å². The largest absolute Gasteiger partial charge is 0.355 e. The van der Waals surface area contributed by atoms with Gasteiger partial charge in [-0.05, 0) is 31.2 Å². The molecule has 94 valence electrons. The highest BCUT2D eigenvalue weighted by atomic mass is 16.1. The van der Waals surface area contributed by atoms with E-state index in [1.54, 1.807) is 0 Å². The van der Waals surface area contributed by atoms with E-state index in [1.165, 1.54) is 19.3 Å². The molecule has 0 spiro atoms. The molecular weight excluding hydrogens is 200 g/mol. The number of hydrogen-bond acceptors (Lipinski definition) is 2. The molecule has 0 radical (unpaired) electrons. The van der Waals surface area contributed by atoms with E-state index in [0.29, 0.717) is 18.4 Å². The standard InChI is InChI=1S/C13H26N2O/c1-4-11-6-5-7-14-12(11)9-15-13(16)8-10(2)3/h10-12,14H,4-9H2,1-3H3,(H,15,16). The van der Waals surface area contributed by atoms with Gasteiger partial charge in [0, 0.05) is 19.0 Å². The lowest BCUT2D eigenvalue weighted by molar-refractivity contribution is -0.121. The van der Waals surface area contributed by atoms with Crippen molar-refractivity contribution in [3.05, 3.63) is 0 Å². The van der Waals surface area contributed by atoms with Crippen LogP contribution in [0.2, 0.25) is 0 Å². The van der Waals surface area contributed by atoms with Crippen LogP contribution in [0.5, 0.6) is 0 Å². The third-order valence-corrected chi connectivity index (χ3v) is 3.36. The Morgan fingerprint density at radius 2 is 2.25 bits per heavy atom. The Labute approximate surface area is 99.4 Å². The van der Waals surface area contributed by atoms with Gasteiger partial charge in [0.05, 0.1) is 0 Å². The van der Waals surface area contributed by atoms with Gasteiger partial charge in [-0.1, -0.05) is 27.2 Å². The van der Waals surface area contributed by atoms with Crippen molar-refractivity contribution in [1.29, 1.82) is 0 Å². The van der Waals surface area contributed by atoms with E-state index < -0.39 is 0 Å². The summed E-state index contributed by atoms with van der Waals surface area (Å²) in [7, 11) is 0. The first kappa shape index (κ1) is 13.5. The lowest BCUT2D eigenvalue weighted by atomic mass is 9.88. The maximum atomic E-state index is 11.6.